The molecule has 2 rings (SSSR count). The van der Waals surface area contributed by atoms with E-state index in [1.54, 1.807) is 24.3 Å². The Balaban J connectivity index is 2.06. The van der Waals surface area contributed by atoms with Crippen molar-refractivity contribution >= 4 is 11.6 Å². The number of Topliss-reactive ketones (excluding diaryl/α,β-unsaturated/α-hetero) is 2. The molecule has 2 aromatic carbocycles. The minimum Gasteiger partial charge on any atom is -0.382 e. The summed E-state index contributed by atoms with van der Waals surface area (Å²) in [6.07, 6.45) is 0.332. The van der Waals surface area contributed by atoms with E-state index in [4.69, 9.17) is 0 Å². The Bertz CT molecular complexity index is 738. The SMILES string of the molecule is CC(C)(O)C(=O)c1ccc(CC(=O)C(C)(O)Cc2ccccc2)cc1. The summed E-state index contributed by atoms with van der Waals surface area (Å²) in [6.45, 7) is 4.40. The Kier molecular flexibility index (Phi) is 5.55. The van der Waals surface area contributed by atoms with E-state index >= 15 is 0 Å². The number of carbonyl (C=O) groups excluding carboxylic acids is 2. The monoisotopic (exact) mass is 340 g/mol. The van der Waals surface area contributed by atoms with Gasteiger partial charge in [0.05, 0.1) is 0 Å². The van der Waals surface area contributed by atoms with Gasteiger partial charge in [-0.2, -0.15) is 0 Å². The number of benzene rings is 2. The lowest BCUT2D eigenvalue weighted by atomic mass is 9.88. The molecule has 0 saturated heterocycles. The molecular weight excluding hydrogens is 316 g/mol. The van der Waals surface area contributed by atoms with Gasteiger partial charge < -0.3 is 10.2 Å². The molecule has 2 aromatic rings. The topological polar surface area (TPSA) is 74.6 Å². The molecule has 132 valence electrons. The molecule has 1 unspecified atom stereocenters. The Hall–Kier alpha value is -2.30. The average molecular weight is 340 g/mol. The lowest BCUT2D eigenvalue weighted by Crippen LogP contribution is -2.38. The van der Waals surface area contributed by atoms with Gasteiger partial charge in [0.2, 0.25) is 0 Å². The lowest BCUT2D eigenvalue weighted by molar-refractivity contribution is -0.134. The summed E-state index contributed by atoms with van der Waals surface area (Å²) < 4.78 is 0. The van der Waals surface area contributed by atoms with E-state index < -0.39 is 11.2 Å². The summed E-state index contributed by atoms with van der Waals surface area (Å²) >= 11 is 0. The summed E-state index contributed by atoms with van der Waals surface area (Å²) in [5, 5.41) is 20.3. The van der Waals surface area contributed by atoms with E-state index in [1.807, 2.05) is 30.3 Å². The van der Waals surface area contributed by atoms with E-state index in [2.05, 4.69) is 0 Å². The molecule has 0 fully saturated rings. The molecule has 0 bridgehead atoms. The molecule has 0 spiro atoms. The minimum absolute atomic E-state index is 0.0802. The van der Waals surface area contributed by atoms with Gasteiger partial charge in [0.15, 0.2) is 11.6 Å². The first-order valence-electron chi connectivity index (χ1n) is 8.25. The predicted molar refractivity (Wildman–Crippen MR) is 96.6 cm³/mol. The zero-order valence-electron chi connectivity index (χ0n) is 14.8. The number of rotatable bonds is 7. The van der Waals surface area contributed by atoms with Crippen LogP contribution in [-0.2, 0) is 17.6 Å². The highest BCUT2D eigenvalue weighted by molar-refractivity contribution is 6.01. The van der Waals surface area contributed by atoms with Crippen molar-refractivity contribution in [3.05, 3.63) is 71.3 Å². The van der Waals surface area contributed by atoms with Crippen LogP contribution in [0.1, 0.15) is 42.3 Å². The van der Waals surface area contributed by atoms with E-state index in [0.717, 1.165) is 5.56 Å². The molecule has 0 aliphatic carbocycles. The third-order valence-electron chi connectivity index (χ3n) is 4.13. The van der Waals surface area contributed by atoms with Gasteiger partial charge in [-0.05, 0) is 31.9 Å². The molecule has 0 saturated carbocycles. The van der Waals surface area contributed by atoms with E-state index in [1.165, 1.54) is 20.8 Å². The highest BCUT2D eigenvalue weighted by Gasteiger charge is 2.30. The van der Waals surface area contributed by atoms with Crippen LogP contribution in [0.5, 0.6) is 0 Å². The van der Waals surface area contributed by atoms with E-state index in [9.17, 15) is 19.8 Å². The van der Waals surface area contributed by atoms with Crippen LogP contribution < -0.4 is 0 Å². The number of hydrogen-bond acceptors (Lipinski definition) is 4. The Morgan fingerprint density at radius 3 is 1.92 bits per heavy atom. The maximum atomic E-state index is 12.5. The van der Waals surface area contributed by atoms with Crippen molar-refractivity contribution in [2.75, 3.05) is 0 Å². The van der Waals surface area contributed by atoms with Crippen LogP contribution in [0.3, 0.4) is 0 Å². The quantitative estimate of drug-likeness (QED) is 0.760. The second-order valence-electron chi connectivity index (χ2n) is 7.12. The summed E-state index contributed by atoms with van der Waals surface area (Å²) in [7, 11) is 0. The number of hydrogen-bond donors (Lipinski definition) is 2. The molecule has 0 amide bonds. The highest BCUT2D eigenvalue weighted by atomic mass is 16.3. The van der Waals surface area contributed by atoms with Crippen molar-refractivity contribution in [2.45, 2.75) is 44.8 Å². The molecule has 0 aromatic heterocycles. The van der Waals surface area contributed by atoms with Crippen molar-refractivity contribution in [3.8, 4) is 0 Å². The Labute approximate surface area is 148 Å². The number of aliphatic hydroxyl groups is 2. The van der Waals surface area contributed by atoms with Crippen molar-refractivity contribution < 1.29 is 19.8 Å². The van der Waals surface area contributed by atoms with Crippen molar-refractivity contribution in [2.24, 2.45) is 0 Å². The summed E-state index contributed by atoms with van der Waals surface area (Å²) in [5.74, 6) is -0.653. The average Bonchev–Trinajstić information content (AvgIpc) is 2.54. The van der Waals surface area contributed by atoms with E-state index in [0.29, 0.717) is 11.1 Å². The molecule has 1 atom stereocenters. The zero-order chi connectivity index (χ0) is 18.7. The van der Waals surface area contributed by atoms with Gasteiger partial charge in [0.25, 0.3) is 0 Å². The molecule has 4 heteroatoms. The maximum Gasteiger partial charge on any atom is 0.193 e. The van der Waals surface area contributed by atoms with Crippen molar-refractivity contribution in [3.63, 3.8) is 0 Å². The van der Waals surface area contributed by atoms with Crippen LogP contribution in [0.15, 0.2) is 54.6 Å². The fourth-order valence-corrected chi connectivity index (χ4v) is 2.59. The third-order valence-corrected chi connectivity index (χ3v) is 4.13. The molecule has 25 heavy (non-hydrogen) atoms. The number of carbonyl (C=O) groups is 2. The van der Waals surface area contributed by atoms with Crippen molar-refractivity contribution in [1.29, 1.82) is 0 Å². The third kappa shape index (κ3) is 5.08. The lowest BCUT2D eigenvalue weighted by Gasteiger charge is -2.22. The molecule has 0 aliphatic rings. The van der Waals surface area contributed by atoms with Crippen LogP contribution >= 0.6 is 0 Å². The van der Waals surface area contributed by atoms with Crippen LogP contribution in [0, 0.1) is 0 Å². The smallest absolute Gasteiger partial charge is 0.193 e. The van der Waals surface area contributed by atoms with Crippen LogP contribution in [0.4, 0.5) is 0 Å². The second kappa shape index (κ2) is 7.30. The van der Waals surface area contributed by atoms with Crippen molar-refractivity contribution in [1.82, 2.24) is 0 Å². The second-order valence-corrected chi connectivity index (χ2v) is 7.12. The molecule has 0 heterocycles. The molecule has 2 N–H and O–H groups in total. The highest BCUT2D eigenvalue weighted by Crippen LogP contribution is 2.18. The first-order valence-corrected chi connectivity index (χ1v) is 8.25. The van der Waals surface area contributed by atoms with Gasteiger partial charge in [0.1, 0.15) is 11.2 Å². The zero-order valence-corrected chi connectivity index (χ0v) is 14.8. The fraction of sp³-hybridized carbons (Fsp3) is 0.333. The van der Waals surface area contributed by atoms with Crippen LogP contribution in [0.2, 0.25) is 0 Å². The summed E-state index contributed by atoms with van der Waals surface area (Å²) in [5.41, 5.74) is -0.892. The minimum atomic E-state index is -1.46. The van der Waals surface area contributed by atoms with Gasteiger partial charge in [-0.1, -0.05) is 54.6 Å². The Morgan fingerprint density at radius 1 is 0.840 bits per heavy atom. The summed E-state index contributed by atoms with van der Waals surface area (Å²) in [4.78, 5) is 24.5. The van der Waals surface area contributed by atoms with Crippen LogP contribution in [-0.4, -0.2) is 33.0 Å². The van der Waals surface area contributed by atoms with Gasteiger partial charge in [0, 0.05) is 18.4 Å². The largest absolute Gasteiger partial charge is 0.382 e. The normalized spacial score (nSPS) is 14.0. The van der Waals surface area contributed by atoms with Crippen LogP contribution in [0.25, 0.3) is 0 Å². The molecule has 4 nitrogen and oxygen atoms in total. The fourth-order valence-electron chi connectivity index (χ4n) is 2.59. The molecular formula is C21H24O4. The number of ketones is 2. The maximum absolute atomic E-state index is 12.5. The first-order chi connectivity index (χ1) is 11.6. The van der Waals surface area contributed by atoms with Gasteiger partial charge >= 0.3 is 0 Å². The molecule has 0 aliphatic heterocycles. The molecule has 0 radical (unpaired) electrons. The van der Waals surface area contributed by atoms with Gasteiger partial charge in [-0.25, -0.2) is 0 Å². The Morgan fingerprint density at radius 2 is 1.40 bits per heavy atom. The summed E-state index contributed by atoms with van der Waals surface area (Å²) in [6, 6.07) is 15.9. The standard InChI is InChI=1S/C21H24O4/c1-20(2,24)19(23)17-11-9-15(10-12-17)13-18(22)21(3,25)14-16-7-5-4-6-8-16/h4-12,24-25H,13-14H2,1-3H3. The predicted octanol–water partition coefficient (Wildman–Crippen LogP) is 2.75. The van der Waals surface area contributed by atoms with Gasteiger partial charge in [-0.15, -0.1) is 0 Å². The first kappa shape index (κ1) is 19.0. The van der Waals surface area contributed by atoms with E-state index in [-0.39, 0.29) is 24.4 Å². The van der Waals surface area contributed by atoms with Gasteiger partial charge in [-0.3, -0.25) is 9.59 Å².